The van der Waals surface area contributed by atoms with Crippen molar-refractivity contribution < 1.29 is 0 Å². The van der Waals surface area contributed by atoms with Crippen molar-refractivity contribution >= 4 is 16.8 Å². The summed E-state index contributed by atoms with van der Waals surface area (Å²) in [6.45, 7) is 5.26. The van der Waals surface area contributed by atoms with Gasteiger partial charge in [-0.3, -0.25) is 4.99 Å². The fourth-order valence-electron chi connectivity index (χ4n) is 1.46. The molecule has 0 amide bonds. The summed E-state index contributed by atoms with van der Waals surface area (Å²) in [5, 5.41) is 1.22. The van der Waals surface area contributed by atoms with Crippen LogP contribution in [0.3, 0.4) is 0 Å². The van der Waals surface area contributed by atoms with Crippen molar-refractivity contribution in [1.29, 1.82) is 0 Å². The van der Waals surface area contributed by atoms with Crippen LogP contribution >= 0.6 is 11.8 Å². The number of hydrogen-bond acceptors (Lipinski definition) is 2. The van der Waals surface area contributed by atoms with E-state index in [2.05, 4.69) is 37.0 Å². The van der Waals surface area contributed by atoms with Gasteiger partial charge in [0.15, 0.2) is 0 Å². The van der Waals surface area contributed by atoms with E-state index >= 15 is 0 Å². The molecule has 1 heterocycles. The molecule has 1 aromatic rings. The quantitative estimate of drug-likeness (QED) is 0.665. The Hall–Kier alpha value is -0.760. The largest absolute Gasteiger partial charge is 0.277 e. The number of nitrogens with zero attached hydrogens (tertiary/aromatic N) is 1. The van der Waals surface area contributed by atoms with Crippen LogP contribution in [0.5, 0.6) is 0 Å². The van der Waals surface area contributed by atoms with Gasteiger partial charge in [-0.15, -0.1) is 11.8 Å². The Morgan fingerprint density at radius 2 is 2.15 bits per heavy atom. The highest BCUT2D eigenvalue weighted by Crippen LogP contribution is 2.22. The van der Waals surface area contributed by atoms with E-state index in [0.29, 0.717) is 0 Å². The van der Waals surface area contributed by atoms with Gasteiger partial charge in [0.05, 0.1) is 5.04 Å². The van der Waals surface area contributed by atoms with Gasteiger partial charge in [0.2, 0.25) is 0 Å². The molecule has 0 saturated carbocycles. The van der Waals surface area contributed by atoms with Crippen molar-refractivity contribution in [2.24, 2.45) is 4.99 Å². The molecule has 0 spiro atoms. The van der Waals surface area contributed by atoms with E-state index in [0.717, 1.165) is 12.3 Å². The molecule has 0 unspecified atom stereocenters. The number of hydrogen-bond donors (Lipinski definition) is 0. The highest BCUT2D eigenvalue weighted by atomic mass is 32.2. The van der Waals surface area contributed by atoms with Crippen LogP contribution in [0, 0.1) is 13.8 Å². The minimum absolute atomic E-state index is 0.980. The van der Waals surface area contributed by atoms with Gasteiger partial charge in [-0.1, -0.05) is 17.7 Å². The van der Waals surface area contributed by atoms with Gasteiger partial charge in [-0.2, -0.15) is 0 Å². The first kappa shape index (κ1) is 8.82. The zero-order chi connectivity index (χ0) is 9.26. The predicted molar refractivity (Wildman–Crippen MR) is 59.8 cm³/mol. The van der Waals surface area contributed by atoms with E-state index < -0.39 is 0 Å². The van der Waals surface area contributed by atoms with Crippen LogP contribution in [-0.2, 0) is 0 Å². The Balaban J connectivity index is 2.43. The molecule has 68 valence electrons. The normalized spacial score (nSPS) is 16.0. The molecule has 1 aliphatic heterocycles. The van der Waals surface area contributed by atoms with Crippen LogP contribution in [0.15, 0.2) is 23.2 Å². The summed E-state index contributed by atoms with van der Waals surface area (Å²) < 4.78 is 0. The average molecular weight is 191 g/mol. The van der Waals surface area contributed by atoms with Crippen molar-refractivity contribution in [3.8, 4) is 0 Å². The molecule has 2 heteroatoms. The lowest BCUT2D eigenvalue weighted by atomic mass is 10.1. The molecule has 0 fully saturated rings. The third-order valence-corrected chi connectivity index (χ3v) is 3.22. The first-order valence-corrected chi connectivity index (χ1v) is 5.51. The molecular formula is C11H13NS. The topological polar surface area (TPSA) is 12.4 Å². The number of benzene rings is 1. The SMILES string of the molecule is Cc1ccc(C)c(C2=NCCS2)c1. The standard InChI is InChI=1S/C11H13NS/c1-8-3-4-9(2)10(7-8)11-12-5-6-13-11/h3-4,7H,5-6H2,1-2H3. The molecular weight excluding hydrogens is 178 g/mol. The first-order chi connectivity index (χ1) is 6.27. The van der Waals surface area contributed by atoms with Gasteiger partial charge in [-0.05, 0) is 25.5 Å². The van der Waals surface area contributed by atoms with E-state index in [1.54, 1.807) is 0 Å². The highest BCUT2D eigenvalue weighted by molar-refractivity contribution is 8.14. The molecule has 0 N–H and O–H groups in total. The van der Waals surface area contributed by atoms with Crippen molar-refractivity contribution in [2.75, 3.05) is 12.3 Å². The predicted octanol–water partition coefficient (Wildman–Crippen LogP) is 2.80. The maximum absolute atomic E-state index is 4.49. The maximum atomic E-state index is 4.49. The summed E-state index contributed by atoms with van der Waals surface area (Å²) in [5.74, 6) is 1.14. The second kappa shape index (κ2) is 3.54. The summed E-state index contributed by atoms with van der Waals surface area (Å²) in [5.41, 5.74) is 3.97. The number of thioether (sulfide) groups is 1. The lowest BCUT2D eigenvalue weighted by Crippen LogP contribution is -1.96. The van der Waals surface area contributed by atoms with Crippen LogP contribution < -0.4 is 0 Å². The minimum Gasteiger partial charge on any atom is -0.277 e. The van der Waals surface area contributed by atoms with Gasteiger partial charge in [-0.25, -0.2) is 0 Å². The van der Waals surface area contributed by atoms with E-state index in [4.69, 9.17) is 0 Å². The molecule has 0 atom stereocenters. The zero-order valence-corrected chi connectivity index (χ0v) is 8.82. The lowest BCUT2D eigenvalue weighted by Gasteiger charge is -2.05. The summed E-state index contributed by atoms with van der Waals surface area (Å²) >= 11 is 1.87. The maximum Gasteiger partial charge on any atom is 0.0980 e. The van der Waals surface area contributed by atoms with Crippen molar-refractivity contribution in [3.63, 3.8) is 0 Å². The summed E-state index contributed by atoms with van der Waals surface area (Å²) in [6.07, 6.45) is 0. The first-order valence-electron chi connectivity index (χ1n) is 4.52. The Bertz CT molecular complexity index is 355. The van der Waals surface area contributed by atoms with Gasteiger partial charge >= 0.3 is 0 Å². The fourth-order valence-corrected chi connectivity index (χ4v) is 2.40. The molecule has 1 aliphatic rings. The molecule has 1 aromatic carbocycles. The molecule has 1 nitrogen and oxygen atoms in total. The van der Waals surface area contributed by atoms with Gasteiger partial charge in [0.25, 0.3) is 0 Å². The van der Waals surface area contributed by atoms with Gasteiger partial charge in [0, 0.05) is 17.9 Å². The molecule has 0 bridgehead atoms. The van der Waals surface area contributed by atoms with Crippen molar-refractivity contribution in [3.05, 3.63) is 34.9 Å². The number of rotatable bonds is 1. The smallest absolute Gasteiger partial charge is 0.0980 e. The van der Waals surface area contributed by atoms with Crippen LogP contribution in [-0.4, -0.2) is 17.3 Å². The monoisotopic (exact) mass is 191 g/mol. The molecule has 0 aromatic heterocycles. The van der Waals surface area contributed by atoms with E-state index in [9.17, 15) is 0 Å². The zero-order valence-electron chi connectivity index (χ0n) is 8.00. The second-order valence-corrected chi connectivity index (χ2v) is 4.44. The Morgan fingerprint density at radius 1 is 1.31 bits per heavy atom. The molecule has 2 rings (SSSR count). The third-order valence-electron chi connectivity index (χ3n) is 2.21. The number of aliphatic imine (C=N–C) groups is 1. The fraction of sp³-hybridized carbons (Fsp3) is 0.364. The van der Waals surface area contributed by atoms with Crippen LogP contribution in [0.25, 0.3) is 0 Å². The Kier molecular flexibility index (Phi) is 2.40. The molecule has 0 saturated heterocycles. The third kappa shape index (κ3) is 1.78. The highest BCUT2D eigenvalue weighted by Gasteiger charge is 2.11. The van der Waals surface area contributed by atoms with Crippen molar-refractivity contribution in [2.45, 2.75) is 13.8 Å². The Labute approximate surface area is 83.3 Å². The Morgan fingerprint density at radius 3 is 2.85 bits per heavy atom. The molecule has 0 radical (unpaired) electrons. The van der Waals surface area contributed by atoms with Crippen molar-refractivity contribution in [1.82, 2.24) is 0 Å². The van der Waals surface area contributed by atoms with E-state index in [1.165, 1.54) is 21.7 Å². The average Bonchev–Trinajstić information content (AvgIpc) is 2.61. The molecule has 13 heavy (non-hydrogen) atoms. The summed E-state index contributed by atoms with van der Waals surface area (Å²) in [6, 6.07) is 6.55. The van der Waals surface area contributed by atoms with E-state index in [-0.39, 0.29) is 0 Å². The second-order valence-electron chi connectivity index (χ2n) is 3.35. The number of aryl methyl sites for hydroxylation is 2. The molecule has 0 aliphatic carbocycles. The van der Waals surface area contributed by atoms with Crippen LogP contribution in [0.4, 0.5) is 0 Å². The van der Waals surface area contributed by atoms with E-state index in [1.807, 2.05) is 11.8 Å². The van der Waals surface area contributed by atoms with Crippen LogP contribution in [0.2, 0.25) is 0 Å². The van der Waals surface area contributed by atoms with Gasteiger partial charge in [0.1, 0.15) is 0 Å². The minimum atomic E-state index is 0.980. The van der Waals surface area contributed by atoms with Crippen LogP contribution in [0.1, 0.15) is 16.7 Å². The summed E-state index contributed by atoms with van der Waals surface area (Å²) in [4.78, 5) is 4.49. The van der Waals surface area contributed by atoms with Gasteiger partial charge < -0.3 is 0 Å². The summed E-state index contributed by atoms with van der Waals surface area (Å²) in [7, 11) is 0. The lowest BCUT2D eigenvalue weighted by molar-refractivity contribution is 1.17.